The Balaban J connectivity index is 1.76. The number of para-hydroxylation sites is 1. The first kappa shape index (κ1) is 21.6. The van der Waals surface area contributed by atoms with E-state index in [-0.39, 0.29) is 17.7 Å². The van der Waals surface area contributed by atoms with Crippen LogP contribution in [0.1, 0.15) is 31.1 Å². The summed E-state index contributed by atoms with van der Waals surface area (Å²) in [7, 11) is 1.60. The predicted octanol–water partition coefficient (Wildman–Crippen LogP) is 4.10. The molecule has 0 aliphatic heterocycles. The maximum Gasteiger partial charge on any atom is 0.255 e. The smallest absolute Gasteiger partial charge is 0.255 e. The minimum Gasteiger partial charge on any atom is -0.497 e. The van der Waals surface area contributed by atoms with Crippen molar-refractivity contribution in [2.24, 2.45) is 5.92 Å². The summed E-state index contributed by atoms with van der Waals surface area (Å²) in [5, 5.41) is 6.13. The van der Waals surface area contributed by atoms with Crippen LogP contribution in [0, 0.1) is 5.92 Å². The fourth-order valence-corrected chi connectivity index (χ4v) is 3.86. The van der Waals surface area contributed by atoms with E-state index in [1.807, 2.05) is 39.0 Å². The Hall–Kier alpha value is -3.13. The van der Waals surface area contributed by atoms with Gasteiger partial charge < -0.3 is 20.1 Å². The molecular formula is C22H25N3O4S. The highest BCUT2D eigenvalue weighted by atomic mass is 32.1. The lowest BCUT2D eigenvalue weighted by atomic mass is 10.0. The lowest BCUT2D eigenvalue weighted by molar-refractivity contribution is -0.118. The number of methoxy groups -OCH3 is 1. The van der Waals surface area contributed by atoms with Crippen LogP contribution in [0.25, 0.3) is 10.2 Å². The van der Waals surface area contributed by atoms with E-state index in [1.54, 1.807) is 31.4 Å². The lowest BCUT2D eigenvalue weighted by Crippen LogP contribution is -2.47. The molecule has 1 atom stereocenters. The van der Waals surface area contributed by atoms with Crippen molar-refractivity contribution in [3.05, 3.63) is 48.0 Å². The minimum atomic E-state index is -0.728. The fourth-order valence-electron chi connectivity index (χ4n) is 2.96. The zero-order chi connectivity index (χ0) is 21.7. The van der Waals surface area contributed by atoms with E-state index in [1.165, 1.54) is 11.3 Å². The van der Waals surface area contributed by atoms with Crippen molar-refractivity contribution in [3.63, 3.8) is 0 Å². The molecular weight excluding hydrogens is 402 g/mol. The molecule has 0 fully saturated rings. The highest BCUT2D eigenvalue weighted by Gasteiger charge is 2.26. The molecule has 30 heavy (non-hydrogen) atoms. The first-order chi connectivity index (χ1) is 14.4. The number of thiazole rings is 1. The zero-order valence-corrected chi connectivity index (χ0v) is 18.2. The van der Waals surface area contributed by atoms with Crippen molar-refractivity contribution in [2.75, 3.05) is 19.0 Å². The number of ether oxygens (including phenoxy) is 2. The average molecular weight is 428 g/mol. The second kappa shape index (κ2) is 9.58. The normalized spacial score (nSPS) is 11.9. The first-order valence-electron chi connectivity index (χ1n) is 9.71. The number of carbonyl (C=O) groups excluding carboxylic acids is 2. The van der Waals surface area contributed by atoms with Crippen molar-refractivity contribution < 1.29 is 19.1 Å². The molecule has 3 rings (SSSR count). The highest BCUT2D eigenvalue weighted by molar-refractivity contribution is 7.22. The molecule has 0 saturated carbocycles. The molecule has 0 aliphatic carbocycles. The number of carbonyl (C=O) groups is 2. The fraction of sp³-hybridized carbons (Fsp3) is 0.318. The summed E-state index contributed by atoms with van der Waals surface area (Å²) in [6, 6.07) is 11.8. The molecule has 2 amide bonds. The van der Waals surface area contributed by atoms with Crippen LogP contribution >= 0.6 is 11.3 Å². The maximum absolute atomic E-state index is 12.9. The third-order valence-corrected chi connectivity index (χ3v) is 5.43. The Kier molecular flexibility index (Phi) is 6.89. The van der Waals surface area contributed by atoms with E-state index in [0.717, 1.165) is 16.0 Å². The van der Waals surface area contributed by atoms with Gasteiger partial charge in [0, 0.05) is 0 Å². The van der Waals surface area contributed by atoms with Gasteiger partial charge in [0.05, 0.1) is 29.5 Å². The monoisotopic (exact) mass is 427 g/mol. The van der Waals surface area contributed by atoms with Gasteiger partial charge in [0.1, 0.15) is 17.5 Å². The Morgan fingerprint density at radius 1 is 1.17 bits per heavy atom. The van der Waals surface area contributed by atoms with Gasteiger partial charge >= 0.3 is 0 Å². The minimum absolute atomic E-state index is 0.123. The summed E-state index contributed by atoms with van der Waals surface area (Å²) in [4.78, 5) is 30.2. The zero-order valence-electron chi connectivity index (χ0n) is 17.4. The van der Waals surface area contributed by atoms with Gasteiger partial charge in [-0.25, -0.2) is 4.98 Å². The lowest BCUT2D eigenvalue weighted by Gasteiger charge is -2.21. The van der Waals surface area contributed by atoms with Crippen LogP contribution in [0.15, 0.2) is 42.5 Å². The molecule has 158 valence electrons. The molecule has 7 nitrogen and oxygen atoms in total. The predicted molar refractivity (Wildman–Crippen MR) is 119 cm³/mol. The largest absolute Gasteiger partial charge is 0.497 e. The quantitative estimate of drug-likeness (QED) is 0.565. The van der Waals surface area contributed by atoms with Crippen LogP contribution in [0.4, 0.5) is 5.13 Å². The molecule has 1 heterocycles. The van der Waals surface area contributed by atoms with Crippen molar-refractivity contribution in [1.82, 2.24) is 10.3 Å². The summed E-state index contributed by atoms with van der Waals surface area (Å²) in [5.41, 5.74) is 1.16. The van der Waals surface area contributed by atoms with Gasteiger partial charge in [-0.3, -0.25) is 9.59 Å². The molecule has 0 aliphatic rings. The molecule has 0 saturated heterocycles. The Labute approximate surface area is 179 Å². The topological polar surface area (TPSA) is 89.5 Å². The number of amides is 2. The van der Waals surface area contributed by atoms with Crippen molar-refractivity contribution in [2.45, 2.75) is 26.8 Å². The van der Waals surface area contributed by atoms with Crippen molar-refractivity contribution in [1.29, 1.82) is 0 Å². The molecule has 2 aromatic carbocycles. The van der Waals surface area contributed by atoms with Gasteiger partial charge in [0.25, 0.3) is 5.91 Å². The Bertz CT molecular complexity index is 1050. The summed E-state index contributed by atoms with van der Waals surface area (Å²) in [5.74, 6) is 0.410. The van der Waals surface area contributed by atoms with Crippen LogP contribution in [-0.4, -0.2) is 36.6 Å². The Morgan fingerprint density at radius 2 is 1.93 bits per heavy atom. The van der Waals surface area contributed by atoms with Crippen LogP contribution in [0.2, 0.25) is 0 Å². The van der Waals surface area contributed by atoms with E-state index in [2.05, 4.69) is 15.6 Å². The van der Waals surface area contributed by atoms with Gasteiger partial charge in [-0.2, -0.15) is 0 Å². The number of anilines is 1. The third kappa shape index (κ3) is 4.88. The number of fused-ring (bicyclic) bond motifs is 1. The third-order valence-electron chi connectivity index (χ3n) is 4.49. The van der Waals surface area contributed by atoms with Gasteiger partial charge in [0.15, 0.2) is 5.13 Å². The van der Waals surface area contributed by atoms with Gasteiger partial charge in [-0.1, -0.05) is 37.3 Å². The number of rotatable bonds is 8. The summed E-state index contributed by atoms with van der Waals surface area (Å²) < 4.78 is 11.7. The number of nitrogens with one attached hydrogen (secondary N) is 2. The van der Waals surface area contributed by atoms with Crippen molar-refractivity contribution in [3.8, 4) is 11.5 Å². The van der Waals surface area contributed by atoms with E-state index in [9.17, 15) is 9.59 Å². The molecule has 0 bridgehead atoms. The number of hydrogen-bond donors (Lipinski definition) is 2. The van der Waals surface area contributed by atoms with E-state index in [0.29, 0.717) is 23.1 Å². The molecule has 0 unspecified atom stereocenters. The number of nitrogens with zero attached hydrogens (tertiary/aromatic N) is 1. The van der Waals surface area contributed by atoms with Gasteiger partial charge in [-0.05, 0) is 43.2 Å². The SMILES string of the molecule is CCOc1ccccc1C(=O)N[C@@H](C(=O)Nc1nc2ccc(OC)cc2s1)C(C)C. The van der Waals surface area contributed by atoms with E-state index < -0.39 is 6.04 Å². The van der Waals surface area contributed by atoms with Crippen LogP contribution in [0.3, 0.4) is 0 Å². The summed E-state index contributed by atoms with van der Waals surface area (Å²) in [6.45, 7) is 6.05. The Morgan fingerprint density at radius 3 is 2.63 bits per heavy atom. The molecule has 1 aromatic heterocycles. The first-order valence-corrected chi connectivity index (χ1v) is 10.5. The summed E-state index contributed by atoms with van der Waals surface area (Å²) in [6.07, 6.45) is 0. The standard InChI is InChI=1S/C22H25N3O4S/c1-5-29-17-9-7-6-8-15(17)20(26)24-19(13(2)3)21(27)25-22-23-16-11-10-14(28-4)12-18(16)30-22/h6-13,19H,5H2,1-4H3,(H,24,26)(H,23,25,27)/t19-/m1/s1. The highest BCUT2D eigenvalue weighted by Crippen LogP contribution is 2.29. The molecule has 3 aromatic rings. The van der Waals surface area contributed by atoms with Crippen molar-refractivity contribution >= 4 is 38.5 Å². The number of benzene rings is 2. The average Bonchev–Trinajstić information content (AvgIpc) is 3.13. The van der Waals surface area contributed by atoms with Crippen LogP contribution in [0.5, 0.6) is 11.5 Å². The van der Waals surface area contributed by atoms with Crippen LogP contribution < -0.4 is 20.1 Å². The van der Waals surface area contributed by atoms with Gasteiger partial charge in [0.2, 0.25) is 5.91 Å². The molecule has 0 radical (unpaired) electrons. The number of aromatic nitrogens is 1. The molecule has 8 heteroatoms. The second-order valence-corrected chi connectivity index (χ2v) is 8.00. The van der Waals surface area contributed by atoms with E-state index in [4.69, 9.17) is 9.47 Å². The molecule has 0 spiro atoms. The second-order valence-electron chi connectivity index (χ2n) is 6.97. The number of hydrogen-bond acceptors (Lipinski definition) is 6. The van der Waals surface area contributed by atoms with Gasteiger partial charge in [-0.15, -0.1) is 0 Å². The van der Waals surface area contributed by atoms with E-state index >= 15 is 0 Å². The summed E-state index contributed by atoms with van der Waals surface area (Å²) >= 11 is 1.35. The van der Waals surface area contributed by atoms with Crippen LogP contribution in [-0.2, 0) is 4.79 Å². The molecule has 2 N–H and O–H groups in total. The maximum atomic E-state index is 12.9.